The average Bonchev–Trinajstić information content (AvgIpc) is 2.85. The molecule has 5 nitrogen and oxygen atoms in total. The van der Waals surface area contributed by atoms with Gasteiger partial charge in [0.25, 0.3) is 0 Å². The Balaban J connectivity index is 1.80. The number of carbonyl (C=O) groups excluding carboxylic acids is 1. The van der Waals surface area contributed by atoms with Gasteiger partial charge in [-0.1, -0.05) is 6.92 Å². The van der Waals surface area contributed by atoms with Crippen LogP contribution in [0.25, 0.3) is 0 Å². The molecule has 116 valence electrons. The van der Waals surface area contributed by atoms with Gasteiger partial charge in [-0.2, -0.15) is 0 Å². The van der Waals surface area contributed by atoms with Gasteiger partial charge in [-0.05, 0) is 45.7 Å². The summed E-state index contributed by atoms with van der Waals surface area (Å²) >= 11 is 0. The van der Waals surface area contributed by atoms with E-state index in [-0.39, 0.29) is 11.9 Å². The SMILES string of the molecule is CCCNC(CCN1CC2CCCN2CC1C)C(N)=O. The molecular formula is C15H30N4O. The normalized spacial score (nSPS) is 29.3. The fraction of sp³-hybridized carbons (Fsp3) is 0.933. The minimum atomic E-state index is -0.217. The Labute approximate surface area is 122 Å². The lowest BCUT2D eigenvalue weighted by molar-refractivity contribution is -0.120. The summed E-state index contributed by atoms with van der Waals surface area (Å²) in [5.74, 6) is -0.217. The Kier molecular flexibility index (Phi) is 5.81. The van der Waals surface area contributed by atoms with E-state index in [1.165, 1.54) is 25.9 Å². The summed E-state index contributed by atoms with van der Waals surface area (Å²) in [4.78, 5) is 16.6. The Hall–Kier alpha value is -0.650. The molecule has 1 amide bonds. The zero-order valence-corrected chi connectivity index (χ0v) is 13.0. The topological polar surface area (TPSA) is 61.6 Å². The van der Waals surface area contributed by atoms with Crippen molar-refractivity contribution in [3.8, 4) is 0 Å². The number of fused-ring (bicyclic) bond motifs is 1. The first kappa shape index (κ1) is 15.7. The second-order valence-corrected chi connectivity index (χ2v) is 6.33. The third-order valence-corrected chi connectivity index (χ3v) is 4.76. The van der Waals surface area contributed by atoms with Crippen LogP contribution in [0.4, 0.5) is 0 Å². The monoisotopic (exact) mass is 282 g/mol. The van der Waals surface area contributed by atoms with E-state index in [4.69, 9.17) is 5.73 Å². The molecule has 0 bridgehead atoms. The molecule has 2 aliphatic rings. The maximum absolute atomic E-state index is 11.5. The molecule has 3 N–H and O–H groups in total. The molecule has 3 atom stereocenters. The molecule has 3 unspecified atom stereocenters. The van der Waals surface area contributed by atoms with E-state index < -0.39 is 0 Å². The highest BCUT2D eigenvalue weighted by molar-refractivity contribution is 5.79. The number of carbonyl (C=O) groups is 1. The minimum absolute atomic E-state index is 0.177. The Bertz CT molecular complexity index is 323. The van der Waals surface area contributed by atoms with Gasteiger partial charge in [0.05, 0.1) is 6.04 Å². The van der Waals surface area contributed by atoms with Crippen molar-refractivity contribution >= 4 is 5.91 Å². The van der Waals surface area contributed by atoms with Gasteiger partial charge < -0.3 is 11.1 Å². The summed E-state index contributed by atoms with van der Waals surface area (Å²) in [6.07, 6.45) is 4.52. The average molecular weight is 282 g/mol. The highest BCUT2D eigenvalue weighted by atomic mass is 16.1. The lowest BCUT2D eigenvalue weighted by Crippen LogP contribution is -2.56. The summed E-state index contributed by atoms with van der Waals surface area (Å²) in [5, 5.41) is 3.26. The van der Waals surface area contributed by atoms with Crippen LogP contribution in [-0.4, -0.2) is 66.6 Å². The van der Waals surface area contributed by atoms with Crippen LogP contribution in [0.15, 0.2) is 0 Å². The van der Waals surface area contributed by atoms with Gasteiger partial charge in [0, 0.05) is 31.7 Å². The predicted molar refractivity (Wildman–Crippen MR) is 81.5 cm³/mol. The molecule has 2 rings (SSSR count). The van der Waals surface area contributed by atoms with Crippen LogP contribution in [0.3, 0.4) is 0 Å². The first-order valence-corrected chi connectivity index (χ1v) is 8.12. The van der Waals surface area contributed by atoms with Gasteiger partial charge in [-0.3, -0.25) is 14.6 Å². The number of piperazine rings is 1. The number of nitrogens with zero attached hydrogens (tertiary/aromatic N) is 2. The van der Waals surface area contributed by atoms with Crippen molar-refractivity contribution in [2.24, 2.45) is 5.73 Å². The van der Waals surface area contributed by atoms with E-state index in [1.807, 2.05) is 0 Å². The quantitative estimate of drug-likeness (QED) is 0.709. The van der Waals surface area contributed by atoms with Crippen molar-refractivity contribution in [2.75, 3.05) is 32.7 Å². The summed E-state index contributed by atoms with van der Waals surface area (Å²) in [6.45, 7) is 9.83. The van der Waals surface area contributed by atoms with Crippen LogP contribution in [0.1, 0.15) is 39.5 Å². The van der Waals surface area contributed by atoms with Crippen molar-refractivity contribution in [1.29, 1.82) is 0 Å². The lowest BCUT2D eigenvalue weighted by Gasteiger charge is -2.42. The molecule has 0 saturated carbocycles. The molecular weight excluding hydrogens is 252 g/mol. The number of hydrogen-bond acceptors (Lipinski definition) is 4. The van der Waals surface area contributed by atoms with E-state index in [1.54, 1.807) is 0 Å². The number of nitrogens with two attached hydrogens (primary N) is 1. The van der Waals surface area contributed by atoms with Crippen molar-refractivity contribution in [3.05, 3.63) is 0 Å². The molecule has 0 radical (unpaired) electrons. The van der Waals surface area contributed by atoms with Crippen LogP contribution in [0.2, 0.25) is 0 Å². The van der Waals surface area contributed by atoms with Crippen LogP contribution in [-0.2, 0) is 4.79 Å². The van der Waals surface area contributed by atoms with Gasteiger partial charge in [0.15, 0.2) is 0 Å². The number of rotatable bonds is 7. The molecule has 0 aromatic rings. The second-order valence-electron chi connectivity index (χ2n) is 6.33. The van der Waals surface area contributed by atoms with Gasteiger partial charge in [-0.15, -0.1) is 0 Å². The van der Waals surface area contributed by atoms with E-state index in [9.17, 15) is 4.79 Å². The first-order chi connectivity index (χ1) is 9.61. The standard InChI is InChI=1S/C15H30N4O/c1-3-7-17-14(15(16)20)6-9-18-11-13-5-4-8-19(13)10-12(18)2/h12-14,17H,3-11H2,1-2H3,(H2,16,20). The van der Waals surface area contributed by atoms with Gasteiger partial charge in [0.1, 0.15) is 0 Å². The molecule has 0 aromatic heterocycles. The van der Waals surface area contributed by atoms with E-state index in [2.05, 4.69) is 29.0 Å². The maximum atomic E-state index is 11.5. The van der Waals surface area contributed by atoms with E-state index in [0.29, 0.717) is 6.04 Å². The number of nitrogens with one attached hydrogen (secondary N) is 1. The highest BCUT2D eigenvalue weighted by Gasteiger charge is 2.34. The zero-order chi connectivity index (χ0) is 14.5. The van der Waals surface area contributed by atoms with Crippen LogP contribution in [0, 0.1) is 0 Å². The molecule has 20 heavy (non-hydrogen) atoms. The van der Waals surface area contributed by atoms with Gasteiger partial charge >= 0.3 is 0 Å². The molecule has 2 heterocycles. The fourth-order valence-corrected chi connectivity index (χ4v) is 3.52. The van der Waals surface area contributed by atoms with Crippen LogP contribution < -0.4 is 11.1 Å². The smallest absolute Gasteiger partial charge is 0.234 e. The Morgan fingerprint density at radius 3 is 2.95 bits per heavy atom. The third kappa shape index (κ3) is 3.93. The molecule has 0 aromatic carbocycles. The third-order valence-electron chi connectivity index (χ3n) is 4.76. The highest BCUT2D eigenvalue weighted by Crippen LogP contribution is 2.24. The number of hydrogen-bond donors (Lipinski definition) is 2. The number of amides is 1. The largest absolute Gasteiger partial charge is 0.368 e. The molecule has 2 saturated heterocycles. The van der Waals surface area contributed by atoms with Crippen molar-refractivity contribution < 1.29 is 4.79 Å². The Morgan fingerprint density at radius 1 is 1.45 bits per heavy atom. The molecule has 0 spiro atoms. The molecule has 5 heteroatoms. The molecule has 2 fully saturated rings. The van der Waals surface area contributed by atoms with Crippen molar-refractivity contribution in [3.63, 3.8) is 0 Å². The number of primary amides is 1. The van der Waals surface area contributed by atoms with Gasteiger partial charge in [0.2, 0.25) is 5.91 Å². The van der Waals surface area contributed by atoms with Gasteiger partial charge in [-0.25, -0.2) is 0 Å². The zero-order valence-electron chi connectivity index (χ0n) is 13.0. The molecule has 2 aliphatic heterocycles. The summed E-state index contributed by atoms with van der Waals surface area (Å²) < 4.78 is 0. The van der Waals surface area contributed by atoms with Crippen LogP contribution in [0.5, 0.6) is 0 Å². The van der Waals surface area contributed by atoms with E-state index in [0.717, 1.165) is 38.5 Å². The van der Waals surface area contributed by atoms with Crippen LogP contribution >= 0.6 is 0 Å². The predicted octanol–water partition coefficient (Wildman–Crippen LogP) is 0.399. The second kappa shape index (κ2) is 7.38. The minimum Gasteiger partial charge on any atom is -0.368 e. The Morgan fingerprint density at radius 2 is 2.25 bits per heavy atom. The fourth-order valence-electron chi connectivity index (χ4n) is 3.52. The first-order valence-electron chi connectivity index (χ1n) is 8.12. The molecule has 0 aliphatic carbocycles. The summed E-state index contributed by atoms with van der Waals surface area (Å²) in [7, 11) is 0. The van der Waals surface area contributed by atoms with Crippen molar-refractivity contribution in [2.45, 2.75) is 57.7 Å². The summed E-state index contributed by atoms with van der Waals surface area (Å²) in [6, 6.07) is 1.15. The van der Waals surface area contributed by atoms with E-state index >= 15 is 0 Å². The summed E-state index contributed by atoms with van der Waals surface area (Å²) in [5.41, 5.74) is 5.49. The lowest BCUT2D eigenvalue weighted by atomic mass is 10.1. The maximum Gasteiger partial charge on any atom is 0.234 e. The van der Waals surface area contributed by atoms with Crippen molar-refractivity contribution in [1.82, 2.24) is 15.1 Å².